The van der Waals surface area contributed by atoms with Gasteiger partial charge in [0.2, 0.25) is 16.9 Å². The van der Waals surface area contributed by atoms with Crippen LogP contribution in [0.2, 0.25) is 0 Å². The molecule has 0 aliphatic carbocycles. The van der Waals surface area contributed by atoms with Gasteiger partial charge in [0.15, 0.2) is 23.9 Å². The number of rotatable bonds is 11. The van der Waals surface area contributed by atoms with Crippen LogP contribution in [-0.2, 0) is 4.79 Å². The lowest BCUT2D eigenvalue weighted by Gasteiger charge is -2.16. The number of aryl methyl sites for hydroxylation is 1. The predicted molar refractivity (Wildman–Crippen MR) is 153 cm³/mol. The zero-order chi connectivity index (χ0) is 29.5. The summed E-state index contributed by atoms with van der Waals surface area (Å²) in [6.07, 6.45) is 1.50. The summed E-state index contributed by atoms with van der Waals surface area (Å²) in [7, 11) is 7.30. The van der Waals surface area contributed by atoms with Gasteiger partial charge in [-0.1, -0.05) is 29.8 Å². The van der Waals surface area contributed by atoms with Crippen LogP contribution in [0.3, 0.4) is 0 Å². The van der Waals surface area contributed by atoms with Crippen LogP contribution >= 0.6 is 0 Å². The maximum atomic E-state index is 13.8. The molecule has 0 saturated heterocycles. The van der Waals surface area contributed by atoms with Crippen molar-refractivity contribution in [2.45, 2.75) is 6.92 Å². The van der Waals surface area contributed by atoms with Crippen LogP contribution in [0.15, 0.2) is 62.8 Å². The van der Waals surface area contributed by atoms with Gasteiger partial charge in [0.05, 0.1) is 41.8 Å². The summed E-state index contributed by atoms with van der Waals surface area (Å²) in [5.41, 5.74) is 4.28. The lowest BCUT2D eigenvalue weighted by molar-refractivity contribution is -0.123. The van der Waals surface area contributed by atoms with Crippen LogP contribution in [-0.4, -0.2) is 54.3 Å². The standard InChI is InChI=1S/C30H30N2O9/c1-17-7-9-18(10-8-17)15-31-32-25(33)16-40-30-27(34)26-21(36-3)13-20(35-2)14-22(26)41-28(30)19-11-23(37-4)29(39-6)24(12-19)38-5/h7-15H,16H2,1-6H3,(H,32,33). The average molecular weight is 563 g/mol. The van der Waals surface area contributed by atoms with Gasteiger partial charge in [0.25, 0.3) is 5.91 Å². The van der Waals surface area contributed by atoms with Crippen molar-refractivity contribution >= 4 is 23.1 Å². The molecule has 0 bridgehead atoms. The molecule has 41 heavy (non-hydrogen) atoms. The monoisotopic (exact) mass is 562 g/mol. The van der Waals surface area contributed by atoms with E-state index in [1.54, 1.807) is 24.3 Å². The highest BCUT2D eigenvalue weighted by Crippen LogP contribution is 2.44. The zero-order valence-electron chi connectivity index (χ0n) is 23.5. The second kappa shape index (κ2) is 12.8. The first-order valence-corrected chi connectivity index (χ1v) is 12.4. The molecule has 11 heteroatoms. The van der Waals surface area contributed by atoms with E-state index in [1.807, 2.05) is 31.2 Å². The van der Waals surface area contributed by atoms with Crippen LogP contribution < -0.4 is 39.3 Å². The van der Waals surface area contributed by atoms with E-state index in [9.17, 15) is 9.59 Å². The van der Waals surface area contributed by atoms with Gasteiger partial charge in [-0.05, 0) is 24.6 Å². The highest BCUT2D eigenvalue weighted by molar-refractivity contribution is 5.89. The maximum absolute atomic E-state index is 13.8. The van der Waals surface area contributed by atoms with Gasteiger partial charge in [0, 0.05) is 17.7 Å². The number of nitrogens with one attached hydrogen (secondary N) is 1. The Balaban J connectivity index is 1.77. The summed E-state index contributed by atoms with van der Waals surface area (Å²) in [5, 5.41) is 4.07. The summed E-state index contributed by atoms with van der Waals surface area (Å²) >= 11 is 0. The summed E-state index contributed by atoms with van der Waals surface area (Å²) in [6.45, 7) is 1.44. The molecule has 4 rings (SSSR count). The molecular formula is C30H30N2O9. The molecule has 0 saturated carbocycles. The van der Waals surface area contributed by atoms with Crippen molar-refractivity contribution in [3.63, 3.8) is 0 Å². The van der Waals surface area contributed by atoms with Gasteiger partial charge in [-0.3, -0.25) is 9.59 Å². The number of hydrazone groups is 1. The largest absolute Gasteiger partial charge is 0.496 e. The topological polar surface area (TPSA) is 127 Å². The molecule has 11 nitrogen and oxygen atoms in total. The molecule has 214 valence electrons. The number of benzene rings is 3. The van der Waals surface area contributed by atoms with Gasteiger partial charge in [0.1, 0.15) is 22.5 Å². The van der Waals surface area contributed by atoms with E-state index in [0.717, 1.165) is 11.1 Å². The lowest BCUT2D eigenvalue weighted by Crippen LogP contribution is -2.26. The molecule has 1 N–H and O–H groups in total. The molecule has 0 spiro atoms. The second-order valence-corrected chi connectivity index (χ2v) is 8.70. The Hall–Kier alpha value is -5.19. The van der Waals surface area contributed by atoms with Crippen LogP contribution in [0.5, 0.6) is 34.5 Å². The summed E-state index contributed by atoms with van der Waals surface area (Å²) in [6, 6.07) is 13.9. The third kappa shape index (κ3) is 6.19. The molecule has 1 amide bonds. The molecule has 0 fully saturated rings. The Morgan fingerprint density at radius 3 is 2.10 bits per heavy atom. The number of ether oxygens (including phenoxy) is 6. The summed E-state index contributed by atoms with van der Waals surface area (Å²) < 4.78 is 39.1. The fraction of sp³-hybridized carbons (Fsp3) is 0.233. The Bertz CT molecular complexity index is 1620. The summed E-state index contributed by atoms with van der Waals surface area (Å²) in [5.74, 6) is 0.808. The van der Waals surface area contributed by atoms with E-state index in [4.69, 9.17) is 32.8 Å². The molecule has 4 aromatic rings. The fourth-order valence-corrected chi connectivity index (χ4v) is 4.06. The van der Waals surface area contributed by atoms with Crippen molar-refractivity contribution in [1.82, 2.24) is 5.43 Å². The number of nitrogens with zero attached hydrogens (tertiary/aromatic N) is 1. The minimum Gasteiger partial charge on any atom is -0.496 e. The van der Waals surface area contributed by atoms with Gasteiger partial charge in [-0.2, -0.15) is 5.10 Å². The molecule has 0 aliphatic rings. The normalized spacial score (nSPS) is 10.9. The molecule has 1 heterocycles. The third-order valence-corrected chi connectivity index (χ3v) is 6.10. The Morgan fingerprint density at radius 2 is 1.51 bits per heavy atom. The quantitative estimate of drug-likeness (QED) is 0.210. The second-order valence-electron chi connectivity index (χ2n) is 8.70. The number of amides is 1. The van der Waals surface area contributed by atoms with Gasteiger partial charge in [-0.15, -0.1) is 0 Å². The molecular weight excluding hydrogens is 532 g/mol. The third-order valence-electron chi connectivity index (χ3n) is 6.10. The van der Waals surface area contributed by atoms with Crippen molar-refractivity contribution in [2.75, 3.05) is 42.2 Å². The molecule has 0 aliphatic heterocycles. The van der Waals surface area contributed by atoms with E-state index in [0.29, 0.717) is 28.6 Å². The number of methoxy groups -OCH3 is 5. The highest BCUT2D eigenvalue weighted by atomic mass is 16.5. The number of fused-ring (bicyclic) bond motifs is 1. The lowest BCUT2D eigenvalue weighted by atomic mass is 10.1. The van der Waals surface area contributed by atoms with Gasteiger partial charge >= 0.3 is 0 Å². The zero-order valence-corrected chi connectivity index (χ0v) is 23.5. The number of hydrogen-bond acceptors (Lipinski definition) is 10. The fourth-order valence-electron chi connectivity index (χ4n) is 4.06. The molecule has 0 unspecified atom stereocenters. The smallest absolute Gasteiger partial charge is 0.277 e. The van der Waals surface area contributed by atoms with Crippen molar-refractivity contribution in [1.29, 1.82) is 0 Å². The van der Waals surface area contributed by atoms with Gasteiger partial charge < -0.3 is 32.8 Å². The van der Waals surface area contributed by atoms with Crippen LogP contribution in [0, 0.1) is 6.92 Å². The van der Waals surface area contributed by atoms with E-state index < -0.39 is 17.9 Å². The maximum Gasteiger partial charge on any atom is 0.277 e. The molecule has 0 atom stereocenters. The first-order chi connectivity index (χ1) is 19.8. The Labute approximate surface area is 236 Å². The van der Waals surface area contributed by atoms with E-state index in [2.05, 4.69) is 10.5 Å². The van der Waals surface area contributed by atoms with E-state index in [1.165, 1.54) is 41.8 Å². The van der Waals surface area contributed by atoms with Crippen molar-refractivity contribution < 1.29 is 37.6 Å². The van der Waals surface area contributed by atoms with Crippen LogP contribution in [0.25, 0.3) is 22.3 Å². The van der Waals surface area contributed by atoms with Crippen LogP contribution in [0.4, 0.5) is 0 Å². The van der Waals surface area contributed by atoms with Gasteiger partial charge in [-0.25, -0.2) is 5.43 Å². The highest BCUT2D eigenvalue weighted by Gasteiger charge is 2.24. The minimum absolute atomic E-state index is 0.0213. The van der Waals surface area contributed by atoms with E-state index in [-0.39, 0.29) is 28.2 Å². The molecule has 3 aromatic carbocycles. The SMILES string of the molecule is COc1cc(OC)c2c(=O)c(OCC(=O)NN=Cc3ccc(C)cc3)c(-c3cc(OC)c(OC)c(OC)c3)oc2c1. The number of hydrogen-bond donors (Lipinski definition) is 1. The molecule has 1 aromatic heterocycles. The Morgan fingerprint density at radius 1 is 0.854 bits per heavy atom. The molecule has 0 radical (unpaired) electrons. The van der Waals surface area contributed by atoms with Crippen molar-refractivity contribution in [3.05, 3.63) is 69.9 Å². The first kappa shape index (κ1) is 28.8. The minimum atomic E-state index is -0.592. The van der Waals surface area contributed by atoms with E-state index >= 15 is 0 Å². The summed E-state index contributed by atoms with van der Waals surface area (Å²) in [4.78, 5) is 26.4. The number of carbonyl (C=O) groups excluding carboxylic acids is 1. The van der Waals surface area contributed by atoms with Crippen molar-refractivity contribution in [3.8, 4) is 45.8 Å². The average Bonchev–Trinajstić information content (AvgIpc) is 2.99. The van der Waals surface area contributed by atoms with Crippen molar-refractivity contribution in [2.24, 2.45) is 5.10 Å². The first-order valence-electron chi connectivity index (χ1n) is 12.4. The predicted octanol–water partition coefficient (Wildman–Crippen LogP) is 4.34. The number of carbonyl (C=O) groups is 1. The van der Waals surface area contributed by atoms with Crippen LogP contribution in [0.1, 0.15) is 11.1 Å². The Kier molecular flexibility index (Phi) is 8.98.